The normalized spacial score (nSPS) is 18.4. The summed E-state index contributed by atoms with van der Waals surface area (Å²) in [5, 5.41) is 2.26. The van der Waals surface area contributed by atoms with Crippen molar-refractivity contribution in [3.05, 3.63) is 71.7 Å². The van der Waals surface area contributed by atoms with Crippen LogP contribution in [0.4, 0.5) is 0 Å². The average molecular weight is 449 g/mol. The van der Waals surface area contributed by atoms with Crippen LogP contribution in [-0.2, 0) is 19.1 Å². The summed E-state index contributed by atoms with van der Waals surface area (Å²) in [6.45, 7) is -2.68. The van der Waals surface area contributed by atoms with E-state index in [1.165, 1.54) is 20.6 Å². The van der Waals surface area contributed by atoms with E-state index >= 15 is 0 Å². The Morgan fingerprint density at radius 2 is 1.34 bits per heavy atom. The standard InChI is InChI=1S/C26H28NO4P/c1-30-25(28)23-24(26(29)31-2)32(20-14-8-4-9-15-20,21-16-10-5-11-17-21)18-22(27-23)19-12-6-3-7-13-19/h4-5,8-11,14-19H,3,6-7,12-13H2,1-2H3. The minimum Gasteiger partial charge on any atom is -0.465 e. The second-order valence-electron chi connectivity index (χ2n) is 8.07. The monoisotopic (exact) mass is 449 g/mol. The van der Waals surface area contributed by atoms with E-state index in [1.54, 1.807) is 0 Å². The van der Waals surface area contributed by atoms with Gasteiger partial charge in [0.1, 0.15) is 5.31 Å². The van der Waals surface area contributed by atoms with Crippen LogP contribution < -0.4 is 10.6 Å². The number of esters is 2. The molecule has 2 aromatic rings. The zero-order valence-corrected chi connectivity index (χ0v) is 19.4. The van der Waals surface area contributed by atoms with Gasteiger partial charge in [0.25, 0.3) is 0 Å². The number of nitrogens with zero attached hydrogens (tertiary/aromatic N) is 1. The average Bonchev–Trinajstić information content (AvgIpc) is 2.88. The van der Waals surface area contributed by atoms with E-state index in [1.807, 2.05) is 60.7 Å². The first-order valence-electron chi connectivity index (χ1n) is 11.0. The Morgan fingerprint density at radius 3 is 1.84 bits per heavy atom. The lowest BCUT2D eigenvalue weighted by Gasteiger charge is -2.34. The molecule has 0 amide bonds. The second kappa shape index (κ2) is 9.70. The molecule has 2 aliphatic rings. The van der Waals surface area contributed by atoms with Crippen LogP contribution in [0.15, 0.2) is 76.7 Å². The number of rotatable bonds is 5. The molecular weight excluding hydrogens is 421 g/mol. The highest BCUT2D eigenvalue weighted by molar-refractivity contribution is 7.93. The zero-order valence-electron chi connectivity index (χ0n) is 18.5. The van der Waals surface area contributed by atoms with Crippen molar-refractivity contribution in [2.75, 3.05) is 14.2 Å². The van der Waals surface area contributed by atoms with Crippen LogP contribution in [-0.4, -0.2) is 37.7 Å². The van der Waals surface area contributed by atoms with Crippen LogP contribution in [0.2, 0.25) is 0 Å². The quantitative estimate of drug-likeness (QED) is 0.510. The zero-order chi connectivity index (χ0) is 22.6. The van der Waals surface area contributed by atoms with Gasteiger partial charge in [-0.3, -0.25) is 0 Å². The number of methoxy groups -OCH3 is 2. The summed E-state index contributed by atoms with van der Waals surface area (Å²) in [5.74, 6) is 1.29. The molecule has 166 valence electrons. The fourth-order valence-corrected chi connectivity index (χ4v) is 8.74. The molecule has 0 unspecified atom stereocenters. The van der Waals surface area contributed by atoms with Gasteiger partial charge in [-0.15, -0.1) is 0 Å². The highest BCUT2D eigenvalue weighted by Gasteiger charge is 2.41. The van der Waals surface area contributed by atoms with Gasteiger partial charge in [0, 0.05) is 11.6 Å². The van der Waals surface area contributed by atoms with Crippen LogP contribution in [0.25, 0.3) is 0 Å². The Kier molecular flexibility index (Phi) is 6.76. The molecule has 6 heteroatoms. The molecule has 1 aliphatic carbocycles. The molecule has 0 aromatic heterocycles. The molecule has 1 aliphatic heterocycles. The molecule has 32 heavy (non-hydrogen) atoms. The first-order valence-corrected chi connectivity index (χ1v) is 12.8. The van der Waals surface area contributed by atoms with Gasteiger partial charge in [0.05, 0.1) is 14.2 Å². The summed E-state index contributed by atoms with van der Waals surface area (Å²) in [6.07, 6.45) is 5.55. The number of benzene rings is 2. The van der Waals surface area contributed by atoms with E-state index in [2.05, 4.69) is 5.80 Å². The Morgan fingerprint density at radius 1 is 0.812 bits per heavy atom. The molecule has 4 rings (SSSR count). The fourth-order valence-electron chi connectivity index (χ4n) is 4.69. The minimum atomic E-state index is -2.68. The van der Waals surface area contributed by atoms with Gasteiger partial charge in [-0.05, 0) is 36.1 Å². The Labute approximate surface area is 189 Å². The number of hydrogen-bond donors (Lipinski definition) is 0. The molecule has 0 bridgehead atoms. The fraction of sp³-hybridized carbons (Fsp3) is 0.308. The van der Waals surface area contributed by atoms with Crippen molar-refractivity contribution in [2.24, 2.45) is 10.9 Å². The Bertz CT molecular complexity index is 1070. The summed E-state index contributed by atoms with van der Waals surface area (Å²) in [4.78, 5) is 31.0. The van der Waals surface area contributed by atoms with E-state index in [4.69, 9.17) is 14.5 Å². The van der Waals surface area contributed by atoms with Crippen LogP contribution in [0, 0.1) is 5.92 Å². The molecule has 0 radical (unpaired) electrons. The number of hydrogen-bond acceptors (Lipinski definition) is 5. The molecule has 1 saturated carbocycles. The Hall–Kier alpha value is -2.91. The van der Waals surface area contributed by atoms with Crippen LogP contribution >= 0.6 is 6.89 Å². The number of carbonyl (C=O) groups is 2. The van der Waals surface area contributed by atoms with Gasteiger partial charge in [0.15, 0.2) is 5.70 Å². The van der Waals surface area contributed by atoms with E-state index in [0.29, 0.717) is 5.31 Å². The van der Waals surface area contributed by atoms with Gasteiger partial charge in [-0.25, -0.2) is 14.6 Å². The van der Waals surface area contributed by atoms with Crippen molar-refractivity contribution in [1.29, 1.82) is 0 Å². The first kappa shape index (κ1) is 22.3. The van der Waals surface area contributed by atoms with Crippen LogP contribution in [0.3, 0.4) is 0 Å². The molecule has 1 heterocycles. The van der Waals surface area contributed by atoms with Crippen molar-refractivity contribution < 1.29 is 19.1 Å². The van der Waals surface area contributed by atoms with E-state index in [-0.39, 0.29) is 11.6 Å². The number of carbonyl (C=O) groups excluding carboxylic acids is 2. The van der Waals surface area contributed by atoms with Gasteiger partial charge < -0.3 is 9.47 Å². The van der Waals surface area contributed by atoms with Crippen molar-refractivity contribution in [3.8, 4) is 0 Å². The molecule has 5 nitrogen and oxygen atoms in total. The maximum atomic E-state index is 13.3. The summed E-state index contributed by atoms with van der Waals surface area (Å²) in [5.41, 5.74) is 0.960. The summed E-state index contributed by atoms with van der Waals surface area (Å²) >= 11 is 0. The lowest BCUT2D eigenvalue weighted by Crippen LogP contribution is -2.32. The predicted octanol–water partition coefficient (Wildman–Crippen LogP) is 4.05. The molecular formula is C26H28NO4P. The molecule has 0 N–H and O–H groups in total. The van der Waals surface area contributed by atoms with Crippen molar-refractivity contribution in [3.63, 3.8) is 0 Å². The predicted molar refractivity (Wildman–Crippen MR) is 130 cm³/mol. The van der Waals surface area contributed by atoms with Crippen LogP contribution in [0.5, 0.6) is 0 Å². The van der Waals surface area contributed by atoms with Gasteiger partial charge in [-0.2, -0.15) is 0 Å². The molecule has 0 saturated heterocycles. The summed E-state index contributed by atoms with van der Waals surface area (Å²) in [7, 11) is 2.67. The highest BCUT2D eigenvalue weighted by Crippen LogP contribution is 2.56. The largest absolute Gasteiger partial charge is 0.465 e. The lowest BCUT2D eigenvalue weighted by molar-refractivity contribution is -0.138. The molecule has 0 atom stereocenters. The van der Waals surface area contributed by atoms with E-state index in [9.17, 15) is 9.59 Å². The van der Waals surface area contributed by atoms with Crippen molar-refractivity contribution in [1.82, 2.24) is 0 Å². The minimum absolute atomic E-state index is 0.0727. The molecule has 2 aromatic carbocycles. The van der Waals surface area contributed by atoms with Crippen molar-refractivity contribution >= 4 is 40.9 Å². The van der Waals surface area contributed by atoms with Crippen LogP contribution in [0.1, 0.15) is 32.1 Å². The first-order chi connectivity index (χ1) is 15.6. The molecule has 0 spiro atoms. The highest BCUT2D eigenvalue weighted by atomic mass is 31.2. The third kappa shape index (κ3) is 3.98. The lowest BCUT2D eigenvalue weighted by atomic mass is 9.86. The SMILES string of the molecule is COC(=O)C1=C(C(=O)OC)P(c2ccccc2)(c2ccccc2)=CC(C2CCCCC2)=N1. The van der Waals surface area contributed by atoms with Crippen molar-refractivity contribution in [2.45, 2.75) is 32.1 Å². The summed E-state index contributed by atoms with van der Waals surface area (Å²) in [6, 6.07) is 19.9. The Balaban J connectivity index is 2.13. The number of ether oxygens (including phenoxy) is 2. The number of aliphatic imine (C=N–C) groups is 1. The maximum absolute atomic E-state index is 13.3. The van der Waals surface area contributed by atoms with Gasteiger partial charge in [0.2, 0.25) is 0 Å². The second-order valence-corrected chi connectivity index (χ2v) is 11.3. The third-order valence-corrected chi connectivity index (χ3v) is 10.2. The third-order valence-electron chi connectivity index (χ3n) is 6.25. The smallest absolute Gasteiger partial charge is 0.357 e. The van der Waals surface area contributed by atoms with Gasteiger partial charge in [-0.1, -0.05) is 79.9 Å². The molecule has 1 fully saturated rings. The summed E-state index contributed by atoms with van der Waals surface area (Å²) < 4.78 is 10.3. The van der Waals surface area contributed by atoms with E-state index < -0.39 is 18.8 Å². The van der Waals surface area contributed by atoms with E-state index in [0.717, 1.165) is 42.0 Å². The topological polar surface area (TPSA) is 65.0 Å². The van der Waals surface area contributed by atoms with Gasteiger partial charge >= 0.3 is 11.9 Å². The maximum Gasteiger partial charge on any atom is 0.357 e.